The van der Waals surface area contributed by atoms with Crippen molar-refractivity contribution >= 4 is 12.1 Å². The van der Waals surface area contributed by atoms with Crippen LogP contribution in [0, 0.1) is 23.7 Å². The highest BCUT2D eigenvalue weighted by Crippen LogP contribution is 2.36. The van der Waals surface area contributed by atoms with E-state index in [1.54, 1.807) is 0 Å². The van der Waals surface area contributed by atoms with Crippen LogP contribution in [0.4, 0.5) is 13.6 Å². The van der Waals surface area contributed by atoms with E-state index in [1.165, 1.54) is 13.8 Å². The summed E-state index contributed by atoms with van der Waals surface area (Å²) in [6.07, 6.45) is -1.24. The highest BCUT2D eigenvalue weighted by atomic mass is 19.3. The standard InChI is InChI=1S/C17H28F2O5/c1-9(2)12-7-6-11(5)8-13(12)23-16(22)24-14(10(3)4)17(18,19)15(20)21/h9-14H,6-8H2,1-5H3,(H,20,21)/p-1. The van der Waals surface area contributed by atoms with E-state index in [4.69, 9.17) is 4.74 Å². The number of rotatable bonds is 6. The molecule has 0 aromatic heterocycles. The fraction of sp³-hybridized carbons (Fsp3) is 0.882. The van der Waals surface area contributed by atoms with Crippen molar-refractivity contribution in [1.82, 2.24) is 0 Å². The molecule has 0 aromatic rings. The predicted molar refractivity (Wildman–Crippen MR) is 81.3 cm³/mol. The SMILES string of the molecule is CC1CCC(C(C)C)C(OC(=O)OC(C(C)C)C(F)(F)C(=O)[O-])C1. The van der Waals surface area contributed by atoms with E-state index in [9.17, 15) is 23.5 Å². The second kappa shape index (κ2) is 8.12. The summed E-state index contributed by atoms with van der Waals surface area (Å²) < 4.78 is 37.3. The first-order valence-electron chi connectivity index (χ1n) is 8.43. The molecule has 1 rings (SSSR count). The Morgan fingerprint density at radius 1 is 1.17 bits per heavy atom. The zero-order valence-electron chi connectivity index (χ0n) is 14.9. The van der Waals surface area contributed by atoms with Gasteiger partial charge in [-0.25, -0.2) is 4.79 Å². The molecule has 1 fully saturated rings. The van der Waals surface area contributed by atoms with Gasteiger partial charge in [0, 0.05) is 0 Å². The number of carboxylic acid groups (broad SMARTS) is 1. The molecule has 0 saturated heterocycles. The van der Waals surface area contributed by atoms with E-state index < -0.39 is 36.2 Å². The summed E-state index contributed by atoms with van der Waals surface area (Å²) in [7, 11) is 0. The Labute approximate surface area is 141 Å². The van der Waals surface area contributed by atoms with Crippen molar-refractivity contribution < 1.29 is 33.0 Å². The van der Waals surface area contributed by atoms with E-state index in [0.29, 0.717) is 12.3 Å². The van der Waals surface area contributed by atoms with E-state index in [1.807, 2.05) is 20.8 Å². The molecule has 1 aliphatic carbocycles. The number of aliphatic carboxylic acids is 1. The van der Waals surface area contributed by atoms with Gasteiger partial charge in [0.05, 0.1) is 0 Å². The number of carbonyl (C=O) groups excluding carboxylic acids is 2. The fourth-order valence-corrected chi connectivity index (χ4v) is 3.25. The molecule has 1 aliphatic rings. The summed E-state index contributed by atoms with van der Waals surface area (Å²) in [5, 5.41) is 10.6. The molecule has 0 aromatic carbocycles. The van der Waals surface area contributed by atoms with Crippen LogP contribution in [-0.4, -0.2) is 30.3 Å². The van der Waals surface area contributed by atoms with Crippen molar-refractivity contribution in [1.29, 1.82) is 0 Å². The third-order valence-corrected chi connectivity index (χ3v) is 4.67. The number of hydrogen-bond acceptors (Lipinski definition) is 5. The maximum Gasteiger partial charge on any atom is 0.509 e. The lowest BCUT2D eigenvalue weighted by Crippen LogP contribution is -2.53. The highest BCUT2D eigenvalue weighted by Gasteiger charge is 2.47. The van der Waals surface area contributed by atoms with Crippen LogP contribution >= 0.6 is 0 Å². The lowest BCUT2D eigenvalue weighted by Gasteiger charge is -2.37. The minimum Gasteiger partial charge on any atom is -0.544 e. The Balaban J connectivity index is 2.79. The van der Waals surface area contributed by atoms with Crippen molar-refractivity contribution in [3.05, 3.63) is 0 Å². The molecular formula is C17H27F2O5-. The first kappa shape index (κ1) is 20.6. The molecule has 0 radical (unpaired) electrons. The molecule has 0 spiro atoms. The molecule has 7 heteroatoms. The fourth-order valence-electron chi connectivity index (χ4n) is 3.25. The topological polar surface area (TPSA) is 75.7 Å². The van der Waals surface area contributed by atoms with Gasteiger partial charge in [-0.15, -0.1) is 0 Å². The summed E-state index contributed by atoms with van der Waals surface area (Å²) in [6.45, 7) is 8.76. The van der Waals surface area contributed by atoms with Crippen LogP contribution in [0.3, 0.4) is 0 Å². The Kier molecular flexibility index (Phi) is 6.98. The van der Waals surface area contributed by atoms with Crippen LogP contribution < -0.4 is 5.11 Å². The molecule has 1 saturated carbocycles. The van der Waals surface area contributed by atoms with Crippen LogP contribution in [0.15, 0.2) is 0 Å². The summed E-state index contributed by atoms with van der Waals surface area (Å²) in [6, 6.07) is 0. The Hall–Kier alpha value is -1.40. The average Bonchev–Trinajstić information content (AvgIpc) is 2.43. The predicted octanol–water partition coefficient (Wildman–Crippen LogP) is 3.01. The van der Waals surface area contributed by atoms with Crippen molar-refractivity contribution in [2.45, 2.75) is 72.0 Å². The monoisotopic (exact) mass is 349 g/mol. The van der Waals surface area contributed by atoms with Crippen molar-refractivity contribution in [3.63, 3.8) is 0 Å². The minimum atomic E-state index is -4.27. The van der Waals surface area contributed by atoms with Crippen molar-refractivity contribution in [2.75, 3.05) is 0 Å². The third kappa shape index (κ3) is 5.05. The third-order valence-electron chi connectivity index (χ3n) is 4.67. The molecule has 0 amide bonds. The van der Waals surface area contributed by atoms with E-state index >= 15 is 0 Å². The van der Waals surface area contributed by atoms with Gasteiger partial charge in [0.2, 0.25) is 0 Å². The summed E-state index contributed by atoms with van der Waals surface area (Å²) in [5.41, 5.74) is 0. The number of carboxylic acids is 1. The highest BCUT2D eigenvalue weighted by molar-refractivity contribution is 5.74. The molecule has 0 bridgehead atoms. The normalized spacial score (nSPS) is 26.3. The van der Waals surface area contributed by atoms with Gasteiger partial charge in [-0.3, -0.25) is 0 Å². The van der Waals surface area contributed by atoms with Gasteiger partial charge in [-0.1, -0.05) is 41.0 Å². The maximum absolute atomic E-state index is 13.7. The van der Waals surface area contributed by atoms with Crippen LogP contribution in [-0.2, 0) is 14.3 Å². The number of alkyl halides is 2. The smallest absolute Gasteiger partial charge is 0.509 e. The largest absolute Gasteiger partial charge is 0.544 e. The van der Waals surface area contributed by atoms with Gasteiger partial charge in [0.1, 0.15) is 12.1 Å². The van der Waals surface area contributed by atoms with E-state index in [-0.39, 0.29) is 11.8 Å². The Morgan fingerprint density at radius 2 is 1.75 bits per heavy atom. The van der Waals surface area contributed by atoms with Crippen molar-refractivity contribution in [3.8, 4) is 0 Å². The van der Waals surface area contributed by atoms with Gasteiger partial charge in [0.15, 0.2) is 6.10 Å². The van der Waals surface area contributed by atoms with Gasteiger partial charge >= 0.3 is 12.1 Å². The molecular weight excluding hydrogens is 322 g/mol. The number of hydrogen-bond donors (Lipinski definition) is 0. The quantitative estimate of drug-likeness (QED) is 0.689. The van der Waals surface area contributed by atoms with Gasteiger partial charge in [-0.2, -0.15) is 8.78 Å². The number of carbonyl (C=O) groups is 2. The molecule has 0 N–H and O–H groups in total. The lowest BCUT2D eigenvalue weighted by atomic mass is 9.75. The lowest BCUT2D eigenvalue weighted by molar-refractivity contribution is -0.337. The molecule has 0 aliphatic heterocycles. The molecule has 140 valence electrons. The van der Waals surface area contributed by atoms with Gasteiger partial charge in [0.25, 0.3) is 0 Å². The van der Waals surface area contributed by atoms with Crippen LogP contribution in [0.2, 0.25) is 0 Å². The Bertz CT molecular complexity index is 450. The summed E-state index contributed by atoms with van der Waals surface area (Å²) in [4.78, 5) is 22.6. The van der Waals surface area contributed by atoms with Crippen LogP contribution in [0.1, 0.15) is 53.9 Å². The maximum atomic E-state index is 13.7. The zero-order valence-corrected chi connectivity index (χ0v) is 14.9. The van der Waals surface area contributed by atoms with Gasteiger partial charge < -0.3 is 19.4 Å². The van der Waals surface area contributed by atoms with E-state index in [2.05, 4.69) is 4.74 Å². The molecule has 5 nitrogen and oxygen atoms in total. The van der Waals surface area contributed by atoms with Crippen LogP contribution in [0.25, 0.3) is 0 Å². The molecule has 0 heterocycles. The number of halogens is 2. The second-order valence-corrected chi connectivity index (χ2v) is 7.43. The molecule has 4 atom stereocenters. The molecule has 24 heavy (non-hydrogen) atoms. The van der Waals surface area contributed by atoms with Crippen molar-refractivity contribution in [2.24, 2.45) is 23.7 Å². The minimum absolute atomic E-state index is 0.132. The second-order valence-electron chi connectivity index (χ2n) is 7.43. The Morgan fingerprint density at radius 3 is 2.21 bits per heavy atom. The number of ether oxygens (including phenoxy) is 2. The average molecular weight is 349 g/mol. The van der Waals surface area contributed by atoms with Gasteiger partial charge in [-0.05, 0) is 36.5 Å². The van der Waals surface area contributed by atoms with E-state index in [0.717, 1.165) is 12.8 Å². The first-order chi connectivity index (χ1) is 11.0. The first-order valence-corrected chi connectivity index (χ1v) is 8.43. The zero-order chi connectivity index (χ0) is 18.7. The molecule has 4 unspecified atom stereocenters. The van der Waals surface area contributed by atoms with Crippen LogP contribution in [0.5, 0.6) is 0 Å². The summed E-state index contributed by atoms with van der Waals surface area (Å²) >= 11 is 0. The summed E-state index contributed by atoms with van der Waals surface area (Å²) in [5.74, 6) is -6.97.